The van der Waals surface area contributed by atoms with Gasteiger partial charge in [0.05, 0.1) is 6.42 Å². The summed E-state index contributed by atoms with van der Waals surface area (Å²) >= 11 is 0. The average Bonchev–Trinajstić information content (AvgIpc) is 2.58. The molecule has 0 saturated heterocycles. The van der Waals surface area contributed by atoms with Crippen molar-refractivity contribution >= 4 is 11.6 Å². The van der Waals surface area contributed by atoms with Gasteiger partial charge in [-0.1, -0.05) is 20.8 Å². The molecular formula is C12H15N3O2. The van der Waals surface area contributed by atoms with Crippen molar-refractivity contribution in [2.24, 2.45) is 0 Å². The fourth-order valence-corrected chi connectivity index (χ4v) is 1.73. The number of nitrogens with zero attached hydrogens (tertiary/aromatic N) is 3. The number of pyridine rings is 1. The third-order valence-electron chi connectivity index (χ3n) is 2.50. The molecule has 0 spiro atoms. The van der Waals surface area contributed by atoms with E-state index in [4.69, 9.17) is 5.11 Å². The second-order valence-electron chi connectivity index (χ2n) is 5.11. The van der Waals surface area contributed by atoms with E-state index in [1.54, 1.807) is 12.1 Å². The summed E-state index contributed by atoms with van der Waals surface area (Å²) < 4.78 is 1.89. The summed E-state index contributed by atoms with van der Waals surface area (Å²) in [5, 5.41) is 17.0. The van der Waals surface area contributed by atoms with Crippen LogP contribution in [0.25, 0.3) is 5.65 Å². The third kappa shape index (κ3) is 2.27. The summed E-state index contributed by atoms with van der Waals surface area (Å²) in [5.74, 6) is 0.0271. The van der Waals surface area contributed by atoms with E-state index in [1.807, 2.05) is 10.6 Å². The lowest BCUT2D eigenvalue weighted by molar-refractivity contribution is -0.136. The molecule has 0 bridgehead atoms. The first-order chi connectivity index (χ1) is 7.88. The second kappa shape index (κ2) is 3.84. The number of hydrogen-bond acceptors (Lipinski definition) is 3. The van der Waals surface area contributed by atoms with Crippen molar-refractivity contribution < 1.29 is 9.90 Å². The van der Waals surface area contributed by atoms with Gasteiger partial charge in [-0.15, -0.1) is 10.2 Å². The minimum Gasteiger partial charge on any atom is -0.481 e. The number of aromatic nitrogens is 3. The minimum atomic E-state index is -0.843. The summed E-state index contributed by atoms with van der Waals surface area (Å²) in [7, 11) is 0. The van der Waals surface area contributed by atoms with E-state index in [2.05, 4.69) is 31.0 Å². The van der Waals surface area contributed by atoms with Gasteiger partial charge in [-0.25, -0.2) is 0 Å². The van der Waals surface area contributed by atoms with Crippen molar-refractivity contribution in [3.63, 3.8) is 0 Å². The van der Waals surface area contributed by atoms with Gasteiger partial charge >= 0.3 is 5.97 Å². The number of fused-ring (bicyclic) bond motifs is 1. The molecule has 2 rings (SSSR count). The second-order valence-corrected chi connectivity index (χ2v) is 5.11. The Hall–Kier alpha value is -1.91. The van der Waals surface area contributed by atoms with Crippen LogP contribution in [0.1, 0.15) is 32.2 Å². The first-order valence-corrected chi connectivity index (χ1v) is 5.44. The molecule has 0 fully saturated rings. The van der Waals surface area contributed by atoms with Crippen LogP contribution >= 0.6 is 0 Å². The van der Waals surface area contributed by atoms with Crippen molar-refractivity contribution in [1.29, 1.82) is 0 Å². The summed E-state index contributed by atoms with van der Waals surface area (Å²) in [6.07, 6.45) is 1.84. The lowest BCUT2D eigenvalue weighted by Gasteiger charge is -2.15. The highest BCUT2D eigenvalue weighted by molar-refractivity contribution is 5.70. The zero-order valence-corrected chi connectivity index (χ0v) is 10.1. The Morgan fingerprint density at radius 3 is 2.71 bits per heavy atom. The standard InChI is InChI=1S/C12H15N3O2/c1-12(2,3)11-14-13-9-6-8(7-10(16)17)4-5-15(9)11/h4-6H,7H2,1-3H3,(H,16,17). The molecule has 0 atom stereocenters. The van der Waals surface area contributed by atoms with Crippen molar-refractivity contribution in [2.45, 2.75) is 32.6 Å². The van der Waals surface area contributed by atoms with Gasteiger partial charge in [-0.2, -0.15) is 0 Å². The zero-order valence-electron chi connectivity index (χ0n) is 10.1. The van der Waals surface area contributed by atoms with Crippen molar-refractivity contribution in [3.05, 3.63) is 29.7 Å². The van der Waals surface area contributed by atoms with Gasteiger partial charge in [0.2, 0.25) is 0 Å². The molecule has 0 aliphatic carbocycles. The molecule has 90 valence electrons. The molecule has 2 heterocycles. The average molecular weight is 233 g/mol. The maximum atomic E-state index is 10.6. The van der Waals surface area contributed by atoms with Gasteiger partial charge < -0.3 is 5.11 Å². The Morgan fingerprint density at radius 1 is 1.41 bits per heavy atom. The van der Waals surface area contributed by atoms with Gasteiger partial charge in [-0.3, -0.25) is 9.20 Å². The van der Waals surface area contributed by atoms with Gasteiger partial charge in [-0.05, 0) is 17.7 Å². The SMILES string of the molecule is CC(C)(C)c1nnc2cc(CC(=O)O)ccn12. The molecule has 0 radical (unpaired) electrons. The molecule has 2 aromatic rings. The van der Waals surface area contributed by atoms with Crippen molar-refractivity contribution in [2.75, 3.05) is 0 Å². The molecular weight excluding hydrogens is 218 g/mol. The predicted octanol–water partition coefficient (Wildman–Crippen LogP) is 1.65. The minimum absolute atomic E-state index is 0.00815. The van der Waals surface area contributed by atoms with Crippen LogP contribution in [0.3, 0.4) is 0 Å². The van der Waals surface area contributed by atoms with Crippen LogP contribution in [0.15, 0.2) is 18.3 Å². The van der Waals surface area contributed by atoms with Crippen LogP contribution in [0.2, 0.25) is 0 Å². The number of carboxylic acid groups (broad SMARTS) is 1. The summed E-state index contributed by atoms with van der Waals surface area (Å²) in [6.45, 7) is 6.19. The van der Waals surface area contributed by atoms with E-state index in [0.717, 1.165) is 11.4 Å². The fraction of sp³-hybridized carbons (Fsp3) is 0.417. The predicted molar refractivity (Wildman–Crippen MR) is 63.0 cm³/mol. The molecule has 5 heteroatoms. The normalized spacial score (nSPS) is 11.9. The van der Waals surface area contributed by atoms with Crippen LogP contribution in [-0.2, 0) is 16.6 Å². The van der Waals surface area contributed by atoms with E-state index in [1.165, 1.54) is 0 Å². The molecule has 0 amide bonds. The lowest BCUT2D eigenvalue weighted by atomic mass is 9.96. The number of aliphatic carboxylic acids is 1. The van der Waals surface area contributed by atoms with Crippen molar-refractivity contribution in [1.82, 2.24) is 14.6 Å². The molecule has 0 aromatic carbocycles. The van der Waals surface area contributed by atoms with Gasteiger partial charge in [0, 0.05) is 11.6 Å². The van der Waals surface area contributed by atoms with Gasteiger partial charge in [0.1, 0.15) is 5.82 Å². The smallest absolute Gasteiger partial charge is 0.307 e. The molecule has 5 nitrogen and oxygen atoms in total. The molecule has 2 aromatic heterocycles. The Labute approximate surface area is 99.1 Å². The Kier molecular flexibility index (Phi) is 2.61. The number of carboxylic acids is 1. The monoisotopic (exact) mass is 233 g/mol. The maximum absolute atomic E-state index is 10.6. The highest BCUT2D eigenvalue weighted by Gasteiger charge is 2.20. The third-order valence-corrected chi connectivity index (χ3v) is 2.50. The number of rotatable bonds is 2. The van der Waals surface area contributed by atoms with Crippen LogP contribution in [0, 0.1) is 0 Å². The molecule has 17 heavy (non-hydrogen) atoms. The van der Waals surface area contributed by atoms with E-state index >= 15 is 0 Å². The summed E-state index contributed by atoms with van der Waals surface area (Å²) in [4.78, 5) is 10.6. The Morgan fingerprint density at radius 2 is 2.12 bits per heavy atom. The van der Waals surface area contributed by atoms with Crippen LogP contribution in [0.5, 0.6) is 0 Å². The van der Waals surface area contributed by atoms with E-state index < -0.39 is 5.97 Å². The highest BCUT2D eigenvalue weighted by atomic mass is 16.4. The summed E-state index contributed by atoms with van der Waals surface area (Å²) in [5.41, 5.74) is 1.33. The quantitative estimate of drug-likeness (QED) is 0.856. The van der Waals surface area contributed by atoms with Crippen LogP contribution in [-0.4, -0.2) is 25.7 Å². The van der Waals surface area contributed by atoms with E-state index in [0.29, 0.717) is 5.65 Å². The molecule has 0 aliphatic rings. The molecule has 0 aliphatic heterocycles. The van der Waals surface area contributed by atoms with Crippen molar-refractivity contribution in [3.8, 4) is 0 Å². The lowest BCUT2D eigenvalue weighted by Crippen LogP contribution is -2.15. The van der Waals surface area contributed by atoms with Gasteiger partial charge in [0.15, 0.2) is 5.65 Å². The van der Waals surface area contributed by atoms with Gasteiger partial charge in [0.25, 0.3) is 0 Å². The Balaban J connectivity index is 2.48. The molecule has 0 unspecified atom stereocenters. The maximum Gasteiger partial charge on any atom is 0.307 e. The number of carbonyl (C=O) groups is 1. The largest absolute Gasteiger partial charge is 0.481 e. The zero-order chi connectivity index (χ0) is 12.6. The fourth-order valence-electron chi connectivity index (χ4n) is 1.73. The summed E-state index contributed by atoms with van der Waals surface area (Å²) in [6, 6.07) is 3.55. The first kappa shape index (κ1) is 11.6. The van der Waals surface area contributed by atoms with E-state index in [-0.39, 0.29) is 11.8 Å². The van der Waals surface area contributed by atoms with Crippen LogP contribution < -0.4 is 0 Å². The molecule has 1 N–H and O–H groups in total. The van der Waals surface area contributed by atoms with E-state index in [9.17, 15) is 4.79 Å². The highest BCUT2D eigenvalue weighted by Crippen LogP contribution is 2.21. The Bertz CT molecular complexity index is 567. The molecule has 0 saturated carbocycles. The van der Waals surface area contributed by atoms with Crippen LogP contribution in [0.4, 0.5) is 0 Å². The topological polar surface area (TPSA) is 67.5 Å². The number of hydrogen-bond donors (Lipinski definition) is 1. The first-order valence-electron chi connectivity index (χ1n) is 5.44.